The first kappa shape index (κ1) is 20.0. The first-order chi connectivity index (χ1) is 13.6. The van der Waals surface area contributed by atoms with Gasteiger partial charge in [0.05, 0.1) is 17.9 Å². The molecule has 0 radical (unpaired) electrons. The molecular weight excluding hydrogens is 616 g/mol. The number of ether oxygens (including phenoxy) is 2. The van der Waals surface area contributed by atoms with Gasteiger partial charge in [-0.05, 0) is 87.3 Å². The van der Waals surface area contributed by atoms with Crippen LogP contribution in [0.1, 0.15) is 17.2 Å². The molecule has 0 aromatic heterocycles. The highest BCUT2D eigenvalue weighted by atomic mass is 79.9. The van der Waals surface area contributed by atoms with Crippen LogP contribution in [0.4, 0.5) is 0 Å². The maximum Gasteiger partial charge on any atom is 0.200 e. The third-order valence-electron chi connectivity index (χ3n) is 4.21. The predicted molar refractivity (Wildman–Crippen MR) is 125 cm³/mol. The standard InChI is InChI=1S/C22H12Br4O2/c23-16-17(24)19(26)22-21(18(16)25)27-15(12-11-13-7-3-1-4-8-13)20(28-22)14-9-5-2-6-10-14/h1-10,15,20H. The Hall–Kier alpha value is -1.26. The van der Waals surface area contributed by atoms with E-state index in [1.807, 2.05) is 60.7 Å². The Morgan fingerprint density at radius 3 is 1.79 bits per heavy atom. The van der Waals surface area contributed by atoms with Crippen LogP contribution >= 0.6 is 63.7 Å². The van der Waals surface area contributed by atoms with Crippen LogP contribution < -0.4 is 9.47 Å². The van der Waals surface area contributed by atoms with Crippen LogP contribution in [0.5, 0.6) is 11.5 Å². The predicted octanol–water partition coefficient (Wildman–Crippen LogP) is 7.67. The van der Waals surface area contributed by atoms with Crippen LogP contribution in [-0.2, 0) is 0 Å². The van der Waals surface area contributed by atoms with E-state index in [0.29, 0.717) is 11.5 Å². The van der Waals surface area contributed by atoms with Gasteiger partial charge in [0.1, 0.15) is 0 Å². The largest absolute Gasteiger partial charge is 0.476 e. The second-order valence-corrected chi connectivity index (χ2v) is 9.21. The zero-order valence-electron chi connectivity index (χ0n) is 14.3. The van der Waals surface area contributed by atoms with Crippen LogP contribution in [0, 0.1) is 11.8 Å². The van der Waals surface area contributed by atoms with Crippen molar-refractivity contribution in [3.05, 3.63) is 89.7 Å². The number of halogens is 4. The summed E-state index contributed by atoms with van der Waals surface area (Å²) in [7, 11) is 0. The topological polar surface area (TPSA) is 18.5 Å². The second-order valence-electron chi connectivity index (χ2n) is 6.04. The number of hydrogen-bond donors (Lipinski definition) is 0. The van der Waals surface area contributed by atoms with Gasteiger partial charge in [0, 0.05) is 5.56 Å². The molecule has 1 aliphatic heterocycles. The van der Waals surface area contributed by atoms with Gasteiger partial charge in [-0.2, -0.15) is 0 Å². The van der Waals surface area contributed by atoms with E-state index >= 15 is 0 Å². The summed E-state index contributed by atoms with van der Waals surface area (Å²) in [6.45, 7) is 0. The van der Waals surface area contributed by atoms with Crippen molar-refractivity contribution >= 4 is 63.7 Å². The number of hydrogen-bond acceptors (Lipinski definition) is 2. The summed E-state index contributed by atoms with van der Waals surface area (Å²) in [5, 5.41) is 0. The minimum absolute atomic E-state index is 0.360. The Morgan fingerprint density at radius 2 is 1.18 bits per heavy atom. The first-order valence-electron chi connectivity index (χ1n) is 8.37. The van der Waals surface area contributed by atoms with Gasteiger partial charge in [-0.25, -0.2) is 0 Å². The maximum absolute atomic E-state index is 6.41. The fourth-order valence-corrected chi connectivity index (χ4v) is 5.08. The monoisotopic (exact) mass is 624 g/mol. The summed E-state index contributed by atoms with van der Waals surface area (Å²) in [6, 6.07) is 19.8. The molecule has 4 rings (SSSR count). The molecule has 2 nitrogen and oxygen atoms in total. The summed E-state index contributed by atoms with van der Waals surface area (Å²) in [5.74, 6) is 7.70. The van der Waals surface area contributed by atoms with E-state index in [4.69, 9.17) is 9.47 Å². The maximum atomic E-state index is 6.41. The highest BCUT2D eigenvalue weighted by molar-refractivity contribution is 9.15. The molecule has 0 saturated heterocycles. The third kappa shape index (κ3) is 3.91. The van der Waals surface area contributed by atoms with Gasteiger partial charge in [-0.1, -0.05) is 54.5 Å². The highest BCUT2D eigenvalue weighted by Gasteiger charge is 2.36. The first-order valence-corrected chi connectivity index (χ1v) is 11.5. The fraction of sp³-hybridized carbons (Fsp3) is 0.0909. The van der Waals surface area contributed by atoms with Gasteiger partial charge in [-0.15, -0.1) is 0 Å². The number of rotatable bonds is 1. The van der Waals surface area contributed by atoms with Gasteiger partial charge in [0.2, 0.25) is 6.10 Å². The second kappa shape index (κ2) is 8.62. The average molecular weight is 628 g/mol. The molecule has 0 amide bonds. The molecule has 0 fully saturated rings. The van der Waals surface area contributed by atoms with Crippen molar-refractivity contribution in [2.75, 3.05) is 0 Å². The summed E-state index contributed by atoms with van der Waals surface area (Å²) in [6.07, 6.45) is -0.826. The zero-order valence-corrected chi connectivity index (χ0v) is 20.6. The molecule has 28 heavy (non-hydrogen) atoms. The Morgan fingerprint density at radius 1 is 0.643 bits per heavy atom. The van der Waals surface area contributed by atoms with E-state index in [1.165, 1.54) is 0 Å². The van der Waals surface area contributed by atoms with Crippen molar-refractivity contribution < 1.29 is 9.47 Å². The highest BCUT2D eigenvalue weighted by Crippen LogP contribution is 2.54. The van der Waals surface area contributed by atoms with E-state index in [-0.39, 0.29) is 6.10 Å². The minimum atomic E-state index is -0.466. The zero-order chi connectivity index (χ0) is 19.7. The lowest BCUT2D eigenvalue weighted by Gasteiger charge is -2.33. The van der Waals surface area contributed by atoms with E-state index in [0.717, 1.165) is 29.0 Å². The molecule has 0 N–H and O–H groups in total. The molecule has 2 unspecified atom stereocenters. The number of benzene rings is 3. The SMILES string of the molecule is Brc1c(Br)c(Br)c2c(c1Br)OC(C#Cc1ccccc1)C(c1ccccc1)O2. The lowest BCUT2D eigenvalue weighted by molar-refractivity contribution is 0.0506. The van der Waals surface area contributed by atoms with E-state index in [1.54, 1.807) is 0 Å². The molecule has 140 valence electrons. The minimum Gasteiger partial charge on any atom is -0.476 e. The summed E-state index contributed by atoms with van der Waals surface area (Å²) in [5.41, 5.74) is 1.93. The Labute approximate surface area is 197 Å². The quantitative estimate of drug-likeness (QED) is 0.157. The lowest BCUT2D eigenvalue weighted by atomic mass is 10.0. The van der Waals surface area contributed by atoms with Crippen LogP contribution in [0.15, 0.2) is 78.6 Å². The van der Waals surface area contributed by atoms with Crippen LogP contribution in [0.2, 0.25) is 0 Å². The average Bonchev–Trinajstić information content (AvgIpc) is 2.75. The Bertz CT molecular complexity index is 1070. The molecule has 6 heteroatoms. The van der Waals surface area contributed by atoms with Crippen molar-refractivity contribution in [1.29, 1.82) is 0 Å². The molecule has 1 aliphatic rings. The smallest absolute Gasteiger partial charge is 0.200 e. The van der Waals surface area contributed by atoms with Crippen molar-refractivity contribution in [3.8, 4) is 23.3 Å². The van der Waals surface area contributed by atoms with Crippen LogP contribution in [0.25, 0.3) is 0 Å². The normalized spacial score (nSPS) is 17.6. The molecule has 3 aromatic carbocycles. The van der Waals surface area contributed by atoms with Gasteiger partial charge in [0.25, 0.3) is 0 Å². The van der Waals surface area contributed by atoms with Crippen molar-refractivity contribution in [2.24, 2.45) is 0 Å². The van der Waals surface area contributed by atoms with Crippen LogP contribution in [-0.4, -0.2) is 6.10 Å². The van der Waals surface area contributed by atoms with E-state index in [2.05, 4.69) is 75.6 Å². The molecule has 3 aromatic rings. The molecule has 0 spiro atoms. The Kier molecular flexibility index (Phi) is 6.17. The van der Waals surface area contributed by atoms with E-state index < -0.39 is 6.10 Å². The summed E-state index contributed by atoms with van der Waals surface area (Å²) < 4.78 is 16.0. The summed E-state index contributed by atoms with van der Waals surface area (Å²) >= 11 is 14.4. The van der Waals surface area contributed by atoms with Gasteiger partial charge >= 0.3 is 0 Å². The summed E-state index contributed by atoms with van der Waals surface area (Å²) in [4.78, 5) is 0. The molecular formula is C22H12Br4O2. The van der Waals surface area contributed by atoms with Crippen molar-refractivity contribution in [1.82, 2.24) is 0 Å². The van der Waals surface area contributed by atoms with Gasteiger partial charge in [0.15, 0.2) is 17.6 Å². The lowest BCUT2D eigenvalue weighted by Crippen LogP contribution is -2.32. The van der Waals surface area contributed by atoms with Gasteiger partial charge < -0.3 is 9.47 Å². The van der Waals surface area contributed by atoms with Gasteiger partial charge in [-0.3, -0.25) is 0 Å². The molecule has 1 heterocycles. The molecule has 0 saturated carbocycles. The fourth-order valence-electron chi connectivity index (χ4n) is 2.85. The van der Waals surface area contributed by atoms with Crippen molar-refractivity contribution in [2.45, 2.75) is 12.2 Å². The molecule has 0 aliphatic carbocycles. The molecule has 0 bridgehead atoms. The molecule has 2 atom stereocenters. The number of fused-ring (bicyclic) bond motifs is 1. The van der Waals surface area contributed by atoms with Crippen LogP contribution in [0.3, 0.4) is 0 Å². The third-order valence-corrected chi connectivity index (χ3v) is 8.90. The van der Waals surface area contributed by atoms with Crippen molar-refractivity contribution in [3.63, 3.8) is 0 Å². The van der Waals surface area contributed by atoms with E-state index in [9.17, 15) is 0 Å². The Balaban J connectivity index is 1.81.